The Morgan fingerprint density at radius 3 is 1.05 bits per heavy atom. The third-order valence-corrected chi connectivity index (χ3v) is 2.07. The van der Waals surface area contributed by atoms with Crippen LogP contribution >= 0.6 is 12.4 Å². The summed E-state index contributed by atoms with van der Waals surface area (Å²) >= 11 is 0. The van der Waals surface area contributed by atoms with Gasteiger partial charge in [-0.2, -0.15) is 0 Å². The van der Waals surface area contributed by atoms with Gasteiger partial charge in [0.05, 0.1) is 0 Å². The van der Waals surface area contributed by atoms with E-state index in [0.29, 0.717) is 0 Å². The zero-order valence-electron chi connectivity index (χ0n) is 13.6. The minimum atomic E-state index is 0. The predicted molar refractivity (Wildman–Crippen MR) is 92.6 cm³/mol. The summed E-state index contributed by atoms with van der Waals surface area (Å²) in [6.45, 7) is 5.90. The normalized spacial score (nSPS) is 7.89. The van der Waals surface area contributed by atoms with Crippen LogP contribution in [0.25, 0.3) is 0 Å². The third kappa shape index (κ3) is 39.2. The van der Waals surface area contributed by atoms with Gasteiger partial charge < -0.3 is 22.1 Å². The number of nitrogens with two attached hydrogens (primary N) is 2. The van der Waals surface area contributed by atoms with Gasteiger partial charge in [-0.1, -0.05) is 0 Å². The molecule has 0 aliphatic rings. The number of nitrogens with one attached hydrogen (secondary N) is 2. The van der Waals surface area contributed by atoms with Crippen LogP contribution in [-0.4, -0.2) is 157 Å². The molecular formula is C10H27ClN4Na4. The molecule has 0 aromatic heterocycles. The molecule has 0 aromatic carbocycles. The van der Waals surface area contributed by atoms with Gasteiger partial charge in [-0.05, 0) is 65.0 Å². The van der Waals surface area contributed by atoms with Crippen LogP contribution in [0.4, 0.5) is 0 Å². The molecule has 0 heterocycles. The van der Waals surface area contributed by atoms with Gasteiger partial charge in [0.2, 0.25) is 0 Å². The first-order chi connectivity index (χ1) is 6.91. The number of rotatable bonds is 11. The third-order valence-electron chi connectivity index (χ3n) is 2.07. The first-order valence-corrected chi connectivity index (χ1v) is 5.73. The van der Waals surface area contributed by atoms with Crippen LogP contribution in [0.1, 0.15) is 25.7 Å². The fourth-order valence-corrected chi connectivity index (χ4v) is 1.20. The van der Waals surface area contributed by atoms with Crippen molar-refractivity contribution in [2.45, 2.75) is 25.7 Å². The van der Waals surface area contributed by atoms with Crippen LogP contribution < -0.4 is 22.1 Å². The molecule has 0 atom stereocenters. The molecule has 0 spiro atoms. The summed E-state index contributed by atoms with van der Waals surface area (Å²) in [5.41, 5.74) is 10.8. The van der Waals surface area contributed by atoms with Gasteiger partial charge in [0.15, 0.2) is 0 Å². The van der Waals surface area contributed by atoms with Crippen molar-refractivity contribution in [1.82, 2.24) is 10.6 Å². The Morgan fingerprint density at radius 1 is 0.526 bits per heavy atom. The first-order valence-electron chi connectivity index (χ1n) is 5.73. The molecule has 0 fully saturated rings. The van der Waals surface area contributed by atoms with E-state index in [0.717, 1.165) is 52.1 Å². The molecule has 19 heavy (non-hydrogen) atoms. The molecule has 4 nitrogen and oxygen atoms in total. The largest absolute Gasteiger partial charge is 0.330 e. The topological polar surface area (TPSA) is 76.1 Å². The minimum Gasteiger partial charge on any atom is -0.330 e. The molecule has 0 aliphatic carbocycles. The van der Waals surface area contributed by atoms with Gasteiger partial charge in [-0.15, -0.1) is 12.4 Å². The molecule has 0 aromatic rings. The molecule has 6 N–H and O–H groups in total. The molecule has 0 saturated heterocycles. The first kappa shape index (κ1) is 38.6. The smallest absolute Gasteiger partial charge is 0 e. The predicted octanol–water partition coefficient (Wildman–Crippen LogP) is -1.46. The number of unbranched alkanes of at least 4 members (excludes halogenated alkanes) is 1. The Kier molecular flexibility index (Phi) is 77.2. The summed E-state index contributed by atoms with van der Waals surface area (Å²) in [4.78, 5) is 0. The molecule has 98 valence electrons. The quantitative estimate of drug-likeness (QED) is 0.276. The molecule has 0 bridgehead atoms. The maximum Gasteiger partial charge on any atom is 0 e. The van der Waals surface area contributed by atoms with E-state index in [4.69, 9.17) is 11.5 Å². The van der Waals surface area contributed by atoms with Crippen LogP contribution in [0.3, 0.4) is 0 Å². The Balaban J connectivity index is -0.0000000845. The second-order valence-electron chi connectivity index (χ2n) is 3.49. The van der Waals surface area contributed by atoms with Crippen LogP contribution in [0.2, 0.25) is 0 Å². The van der Waals surface area contributed by atoms with Gasteiger partial charge >= 0.3 is 0 Å². The van der Waals surface area contributed by atoms with Crippen LogP contribution in [0.15, 0.2) is 0 Å². The van der Waals surface area contributed by atoms with Crippen LogP contribution in [-0.2, 0) is 0 Å². The number of halogens is 1. The van der Waals surface area contributed by atoms with E-state index in [2.05, 4.69) is 10.6 Å². The average molecular weight is 331 g/mol. The molecule has 9 heteroatoms. The maximum atomic E-state index is 5.38. The van der Waals surface area contributed by atoms with E-state index in [1.807, 2.05) is 0 Å². The van der Waals surface area contributed by atoms with Crippen molar-refractivity contribution < 1.29 is 0 Å². The van der Waals surface area contributed by atoms with Crippen molar-refractivity contribution in [2.75, 3.05) is 39.3 Å². The van der Waals surface area contributed by atoms with Gasteiger partial charge in [-0.25, -0.2) is 0 Å². The van der Waals surface area contributed by atoms with Gasteiger partial charge in [0.25, 0.3) is 0 Å². The Bertz CT molecular complexity index is 106. The van der Waals surface area contributed by atoms with Crippen molar-refractivity contribution in [3.05, 3.63) is 0 Å². The second-order valence-corrected chi connectivity index (χ2v) is 3.49. The molecule has 4 radical (unpaired) electrons. The molecule has 0 aliphatic heterocycles. The molecule has 0 saturated carbocycles. The number of hydrogen-bond donors (Lipinski definition) is 4. The van der Waals surface area contributed by atoms with Crippen LogP contribution in [0, 0.1) is 0 Å². The summed E-state index contributed by atoms with van der Waals surface area (Å²) in [7, 11) is 0. The summed E-state index contributed by atoms with van der Waals surface area (Å²) in [5.74, 6) is 0. The van der Waals surface area contributed by atoms with E-state index in [1.54, 1.807) is 0 Å². The van der Waals surface area contributed by atoms with Gasteiger partial charge in [-0.3, -0.25) is 0 Å². The zero-order chi connectivity index (χ0) is 10.5. The van der Waals surface area contributed by atoms with E-state index in [1.165, 1.54) is 12.8 Å². The standard InChI is InChI=1S/C10H26N4.ClH.4Na/c11-5-3-9-13-7-1-2-8-14-10-4-6-12;;;;;/h13-14H,1-12H2;1H;;;;. The van der Waals surface area contributed by atoms with Crippen molar-refractivity contribution in [2.24, 2.45) is 11.5 Å². The van der Waals surface area contributed by atoms with E-state index in [9.17, 15) is 0 Å². The average Bonchev–Trinajstić information content (AvgIpc) is 2.21. The van der Waals surface area contributed by atoms with Gasteiger partial charge in [0.1, 0.15) is 0 Å². The van der Waals surface area contributed by atoms with E-state index >= 15 is 0 Å². The zero-order valence-corrected chi connectivity index (χ0v) is 22.5. The van der Waals surface area contributed by atoms with Crippen LogP contribution in [0.5, 0.6) is 0 Å². The summed E-state index contributed by atoms with van der Waals surface area (Å²) in [6, 6.07) is 0. The molecule has 0 rings (SSSR count). The van der Waals surface area contributed by atoms with E-state index in [-0.39, 0.29) is 131 Å². The monoisotopic (exact) mass is 330 g/mol. The summed E-state index contributed by atoms with van der Waals surface area (Å²) < 4.78 is 0. The molecule has 0 amide bonds. The summed E-state index contributed by atoms with van der Waals surface area (Å²) in [6.07, 6.45) is 4.63. The maximum absolute atomic E-state index is 5.38. The number of hydrogen-bond acceptors (Lipinski definition) is 4. The molecule has 0 unspecified atom stereocenters. The van der Waals surface area contributed by atoms with E-state index < -0.39 is 0 Å². The van der Waals surface area contributed by atoms with Crippen molar-refractivity contribution in [3.8, 4) is 0 Å². The van der Waals surface area contributed by atoms with Crippen molar-refractivity contribution in [1.29, 1.82) is 0 Å². The molecular weight excluding hydrogens is 304 g/mol. The Morgan fingerprint density at radius 2 is 0.789 bits per heavy atom. The fourth-order valence-electron chi connectivity index (χ4n) is 1.20. The fraction of sp³-hybridized carbons (Fsp3) is 1.00. The van der Waals surface area contributed by atoms with Gasteiger partial charge in [0, 0.05) is 118 Å². The van der Waals surface area contributed by atoms with Crippen molar-refractivity contribution >= 4 is 131 Å². The minimum absolute atomic E-state index is 0. The Hall–Kier alpha value is 4.13. The SMILES string of the molecule is Cl.NCCCNCCCCNCCCN.[Na].[Na].[Na].[Na]. The second kappa shape index (κ2) is 38.0. The van der Waals surface area contributed by atoms with Crippen molar-refractivity contribution in [3.63, 3.8) is 0 Å². The Labute approximate surface area is 214 Å². The summed E-state index contributed by atoms with van der Waals surface area (Å²) in [5, 5.41) is 6.72.